The van der Waals surface area contributed by atoms with Crippen LogP contribution in [0.2, 0.25) is 0 Å². The lowest BCUT2D eigenvalue weighted by Crippen LogP contribution is -2.26. The third-order valence-electron chi connectivity index (χ3n) is 2.94. The summed E-state index contributed by atoms with van der Waals surface area (Å²) in [5.41, 5.74) is 0. The molecule has 0 aromatic rings. The number of carboxylic acids is 1. The largest absolute Gasteiger partial charge is 0.481 e. The van der Waals surface area contributed by atoms with E-state index in [0.717, 1.165) is 0 Å². The molecule has 1 rings (SSSR count). The quantitative estimate of drug-likeness (QED) is 0.546. The highest BCUT2D eigenvalue weighted by atomic mass is 16.6. The summed E-state index contributed by atoms with van der Waals surface area (Å²) in [5, 5.41) is 19.0. The summed E-state index contributed by atoms with van der Waals surface area (Å²) in [4.78, 5) is 31.9. The summed E-state index contributed by atoms with van der Waals surface area (Å²) in [6.45, 7) is 1.44. The highest BCUT2D eigenvalue weighted by Gasteiger charge is 2.43. The van der Waals surface area contributed by atoms with E-state index in [2.05, 4.69) is 0 Å². The predicted octanol–water partition coefficient (Wildman–Crippen LogP) is 0.579. The van der Waals surface area contributed by atoms with Gasteiger partial charge in [-0.2, -0.15) is 0 Å². The Morgan fingerprint density at radius 2 is 2.27 bits per heavy atom. The van der Waals surface area contributed by atoms with E-state index < -0.39 is 22.7 Å². The fraction of sp³-hybridized carbons (Fsp3) is 0.778. The third-order valence-corrected chi connectivity index (χ3v) is 2.94. The molecule has 84 valence electrons. The molecule has 6 nitrogen and oxygen atoms in total. The van der Waals surface area contributed by atoms with E-state index in [9.17, 15) is 19.7 Å². The summed E-state index contributed by atoms with van der Waals surface area (Å²) >= 11 is 0. The van der Waals surface area contributed by atoms with Crippen LogP contribution in [0.3, 0.4) is 0 Å². The lowest BCUT2D eigenvalue weighted by molar-refractivity contribution is -0.490. The van der Waals surface area contributed by atoms with Gasteiger partial charge in [0.1, 0.15) is 5.78 Å². The molecule has 0 spiro atoms. The first-order chi connectivity index (χ1) is 6.91. The van der Waals surface area contributed by atoms with Crippen LogP contribution in [0.15, 0.2) is 0 Å². The monoisotopic (exact) mass is 215 g/mol. The molecule has 3 atom stereocenters. The van der Waals surface area contributed by atoms with Gasteiger partial charge in [0.05, 0.1) is 6.42 Å². The van der Waals surface area contributed by atoms with Crippen LogP contribution in [0.25, 0.3) is 0 Å². The van der Waals surface area contributed by atoms with Crippen molar-refractivity contribution in [2.24, 2.45) is 17.8 Å². The van der Waals surface area contributed by atoms with Crippen molar-refractivity contribution >= 4 is 11.8 Å². The molecule has 0 bridgehead atoms. The Morgan fingerprint density at radius 3 is 2.73 bits per heavy atom. The lowest BCUT2D eigenvalue weighted by atomic mass is 9.88. The molecule has 0 aromatic heterocycles. The maximum atomic E-state index is 11.4. The number of nitrogens with zero attached hydrogens (tertiary/aromatic N) is 1. The van der Waals surface area contributed by atoms with Gasteiger partial charge in [-0.1, -0.05) is 6.92 Å². The van der Waals surface area contributed by atoms with E-state index >= 15 is 0 Å². The summed E-state index contributed by atoms with van der Waals surface area (Å²) in [6.07, 6.45) is -0.0296. The van der Waals surface area contributed by atoms with E-state index in [1.165, 1.54) is 0 Å². The Hall–Kier alpha value is -1.46. The van der Waals surface area contributed by atoms with E-state index in [4.69, 9.17) is 5.11 Å². The fourth-order valence-corrected chi connectivity index (χ4v) is 2.19. The molecule has 1 aliphatic carbocycles. The zero-order valence-electron chi connectivity index (χ0n) is 8.38. The first-order valence-electron chi connectivity index (χ1n) is 4.78. The van der Waals surface area contributed by atoms with Crippen LogP contribution in [-0.4, -0.2) is 28.3 Å². The van der Waals surface area contributed by atoms with Crippen molar-refractivity contribution in [2.45, 2.75) is 19.8 Å². The standard InChI is InChI=1S/C9H13NO5/c1-5-2-8(11)6(3-9(12)13)7(5)4-10(14)15/h5-7H,2-4H2,1H3,(H,12,13). The summed E-state index contributed by atoms with van der Waals surface area (Å²) in [7, 11) is 0. The van der Waals surface area contributed by atoms with E-state index in [0.29, 0.717) is 0 Å². The van der Waals surface area contributed by atoms with Gasteiger partial charge in [-0.05, 0) is 5.92 Å². The average molecular weight is 215 g/mol. The number of carbonyl (C=O) groups is 2. The van der Waals surface area contributed by atoms with Gasteiger partial charge in [0.15, 0.2) is 0 Å². The molecule has 1 fully saturated rings. The molecule has 1 N–H and O–H groups in total. The molecule has 0 saturated heterocycles. The van der Waals surface area contributed by atoms with Gasteiger partial charge in [0, 0.05) is 23.2 Å². The molecule has 0 amide bonds. The maximum Gasteiger partial charge on any atom is 0.304 e. The Bertz CT molecular complexity index is 301. The molecule has 1 aliphatic rings. The molecular formula is C9H13NO5. The molecule has 3 unspecified atom stereocenters. The van der Waals surface area contributed by atoms with Crippen LogP contribution in [0.5, 0.6) is 0 Å². The van der Waals surface area contributed by atoms with Crippen LogP contribution < -0.4 is 0 Å². The number of ketones is 1. The van der Waals surface area contributed by atoms with Crippen LogP contribution in [0.1, 0.15) is 19.8 Å². The van der Waals surface area contributed by atoms with Gasteiger partial charge in [-0.15, -0.1) is 0 Å². The second-order valence-electron chi connectivity index (χ2n) is 4.03. The molecule has 0 aromatic carbocycles. The SMILES string of the molecule is CC1CC(=O)C(CC(=O)O)C1C[N+](=O)[O-]. The summed E-state index contributed by atoms with van der Waals surface area (Å²) in [5.74, 6) is -2.42. The number of aliphatic carboxylic acids is 1. The number of rotatable bonds is 4. The maximum absolute atomic E-state index is 11.4. The van der Waals surface area contributed by atoms with Crippen molar-refractivity contribution in [3.8, 4) is 0 Å². The van der Waals surface area contributed by atoms with E-state index in [1.54, 1.807) is 6.92 Å². The number of nitro groups is 1. The second-order valence-corrected chi connectivity index (χ2v) is 4.03. The average Bonchev–Trinajstić information content (AvgIpc) is 2.30. The van der Waals surface area contributed by atoms with Crippen molar-refractivity contribution in [1.82, 2.24) is 0 Å². The zero-order chi connectivity index (χ0) is 11.6. The van der Waals surface area contributed by atoms with Gasteiger partial charge in [-0.3, -0.25) is 19.7 Å². The van der Waals surface area contributed by atoms with Crippen molar-refractivity contribution in [3.63, 3.8) is 0 Å². The van der Waals surface area contributed by atoms with Crippen molar-refractivity contribution in [2.75, 3.05) is 6.54 Å². The number of Topliss-reactive ketones (excluding diaryl/α,β-unsaturated/α-hetero) is 1. The molecule has 1 saturated carbocycles. The van der Waals surface area contributed by atoms with E-state index in [1.807, 2.05) is 0 Å². The number of carbonyl (C=O) groups excluding carboxylic acids is 1. The third kappa shape index (κ3) is 2.74. The molecule has 0 heterocycles. The number of hydrogen-bond acceptors (Lipinski definition) is 4. The highest BCUT2D eigenvalue weighted by molar-refractivity contribution is 5.87. The van der Waals surface area contributed by atoms with Crippen molar-refractivity contribution < 1.29 is 19.6 Å². The normalized spacial score (nSPS) is 30.5. The first-order valence-corrected chi connectivity index (χ1v) is 4.78. The van der Waals surface area contributed by atoms with Crippen LogP contribution in [0.4, 0.5) is 0 Å². The van der Waals surface area contributed by atoms with Gasteiger partial charge < -0.3 is 5.11 Å². The molecule has 0 aliphatic heterocycles. The minimum Gasteiger partial charge on any atom is -0.481 e. The van der Waals surface area contributed by atoms with Crippen LogP contribution in [-0.2, 0) is 9.59 Å². The molecule has 6 heteroatoms. The second kappa shape index (κ2) is 4.37. The Kier molecular flexibility index (Phi) is 3.39. The van der Waals surface area contributed by atoms with Crippen LogP contribution in [0, 0.1) is 27.9 Å². The Labute approximate surface area is 86.4 Å². The van der Waals surface area contributed by atoms with Gasteiger partial charge in [-0.25, -0.2) is 0 Å². The topological polar surface area (TPSA) is 97.5 Å². The van der Waals surface area contributed by atoms with E-state index in [-0.39, 0.29) is 31.1 Å². The summed E-state index contributed by atoms with van der Waals surface area (Å²) in [6, 6.07) is 0. The molecule has 15 heavy (non-hydrogen) atoms. The fourth-order valence-electron chi connectivity index (χ4n) is 2.19. The van der Waals surface area contributed by atoms with Crippen molar-refractivity contribution in [1.29, 1.82) is 0 Å². The first kappa shape index (κ1) is 11.6. The molecule has 0 radical (unpaired) electrons. The van der Waals surface area contributed by atoms with Crippen molar-refractivity contribution in [3.05, 3.63) is 10.1 Å². The minimum absolute atomic E-state index is 0.0905. The Balaban J connectivity index is 2.75. The predicted molar refractivity (Wildman–Crippen MR) is 49.9 cm³/mol. The minimum atomic E-state index is -1.07. The molecular weight excluding hydrogens is 202 g/mol. The van der Waals surface area contributed by atoms with Gasteiger partial charge in [0.2, 0.25) is 6.54 Å². The van der Waals surface area contributed by atoms with Gasteiger partial charge in [0.25, 0.3) is 0 Å². The van der Waals surface area contributed by atoms with Crippen LogP contribution >= 0.6 is 0 Å². The summed E-state index contributed by atoms with van der Waals surface area (Å²) < 4.78 is 0. The number of hydrogen-bond donors (Lipinski definition) is 1. The Morgan fingerprint density at radius 1 is 1.67 bits per heavy atom. The smallest absolute Gasteiger partial charge is 0.304 e. The number of carboxylic acid groups (broad SMARTS) is 1. The lowest BCUT2D eigenvalue weighted by Gasteiger charge is -2.15. The zero-order valence-corrected chi connectivity index (χ0v) is 8.38. The highest BCUT2D eigenvalue weighted by Crippen LogP contribution is 2.36. The van der Waals surface area contributed by atoms with Gasteiger partial charge >= 0.3 is 5.97 Å².